The zero-order chi connectivity index (χ0) is 14.4. The molecule has 0 aliphatic carbocycles. The van der Waals surface area contributed by atoms with Gasteiger partial charge in [-0.25, -0.2) is 4.79 Å². The molecule has 1 atom stereocenters. The molecule has 0 saturated heterocycles. The fourth-order valence-corrected chi connectivity index (χ4v) is 1.77. The molecule has 0 aliphatic heterocycles. The highest BCUT2D eigenvalue weighted by Gasteiger charge is 2.22. The summed E-state index contributed by atoms with van der Waals surface area (Å²) in [5.41, 5.74) is 0.894. The van der Waals surface area contributed by atoms with E-state index in [1.54, 1.807) is 12.1 Å². The minimum atomic E-state index is -1.37. The van der Waals surface area contributed by atoms with E-state index >= 15 is 0 Å². The molecule has 0 amide bonds. The first-order chi connectivity index (χ1) is 9.72. The van der Waals surface area contributed by atoms with Crippen LogP contribution in [0.15, 0.2) is 46.9 Å². The lowest BCUT2D eigenvalue weighted by Crippen LogP contribution is -2.15. The summed E-state index contributed by atoms with van der Waals surface area (Å²) in [6, 6.07) is 12.8. The van der Waals surface area contributed by atoms with Crippen molar-refractivity contribution in [1.29, 1.82) is 0 Å². The van der Waals surface area contributed by atoms with Crippen molar-refractivity contribution in [2.75, 3.05) is 6.61 Å². The fourth-order valence-electron chi connectivity index (χ4n) is 1.77. The summed E-state index contributed by atoms with van der Waals surface area (Å²) < 4.78 is 10.5. The van der Waals surface area contributed by atoms with E-state index in [0.717, 1.165) is 18.4 Å². The third-order valence-corrected chi connectivity index (χ3v) is 2.92. The number of ether oxygens (including phenoxy) is 1. The highest BCUT2D eigenvalue weighted by molar-refractivity contribution is 5.75. The van der Waals surface area contributed by atoms with Gasteiger partial charge in [0, 0.05) is 5.56 Å². The Morgan fingerprint density at radius 2 is 2.00 bits per heavy atom. The van der Waals surface area contributed by atoms with E-state index < -0.39 is 12.1 Å². The van der Waals surface area contributed by atoms with Gasteiger partial charge < -0.3 is 14.3 Å². The van der Waals surface area contributed by atoms with Crippen LogP contribution in [-0.4, -0.2) is 17.7 Å². The van der Waals surface area contributed by atoms with Crippen LogP contribution in [0.4, 0.5) is 0 Å². The molecule has 0 aliphatic rings. The number of aliphatic hydroxyl groups is 1. The Morgan fingerprint density at radius 1 is 1.25 bits per heavy atom. The van der Waals surface area contributed by atoms with Gasteiger partial charge in [-0.15, -0.1) is 0 Å². The van der Waals surface area contributed by atoms with Crippen molar-refractivity contribution in [1.82, 2.24) is 0 Å². The minimum absolute atomic E-state index is 0.199. The number of benzene rings is 1. The fraction of sp³-hybridized carbons (Fsp3) is 0.312. The number of furan rings is 1. The van der Waals surface area contributed by atoms with Crippen LogP contribution in [0.3, 0.4) is 0 Å². The number of aliphatic hydroxyl groups excluding tert-OH is 1. The second kappa shape index (κ2) is 6.91. The van der Waals surface area contributed by atoms with E-state index in [4.69, 9.17) is 9.15 Å². The van der Waals surface area contributed by atoms with Crippen LogP contribution >= 0.6 is 0 Å². The lowest BCUT2D eigenvalue weighted by Gasteiger charge is -2.08. The Kier molecular flexibility index (Phi) is 4.96. The van der Waals surface area contributed by atoms with Gasteiger partial charge in [0.05, 0.1) is 6.61 Å². The lowest BCUT2D eigenvalue weighted by molar-refractivity contribution is -0.154. The van der Waals surface area contributed by atoms with E-state index in [2.05, 4.69) is 0 Å². The normalized spacial score (nSPS) is 12.1. The second-order valence-corrected chi connectivity index (χ2v) is 4.49. The molecule has 106 valence electrons. The monoisotopic (exact) mass is 274 g/mol. The van der Waals surface area contributed by atoms with Gasteiger partial charge in [0.1, 0.15) is 11.5 Å². The zero-order valence-corrected chi connectivity index (χ0v) is 11.4. The van der Waals surface area contributed by atoms with E-state index in [0.29, 0.717) is 12.4 Å². The molecule has 0 fully saturated rings. The third kappa shape index (κ3) is 3.48. The molecule has 0 saturated carbocycles. The van der Waals surface area contributed by atoms with Crippen molar-refractivity contribution in [3.8, 4) is 11.3 Å². The number of carbonyl (C=O) groups is 1. The summed E-state index contributed by atoms with van der Waals surface area (Å²) in [5, 5.41) is 9.88. The molecule has 1 N–H and O–H groups in total. The second-order valence-electron chi connectivity index (χ2n) is 4.49. The number of rotatable bonds is 6. The van der Waals surface area contributed by atoms with Gasteiger partial charge >= 0.3 is 5.97 Å². The molecule has 0 bridgehead atoms. The Labute approximate surface area is 118 Å². The van der Waals surface area contributed by atoms with Crippen molar-refractivity contribution in [2.45, 2.75) is 25.9 Å². The number of hydrogen-bond acceptors (Lipinski definition) is 4. The van der Waals surface area contributed by atoms with Crippen molar-refractivity contribution < 1.29 is 19.1 Å². The third-order valence-electron chi connectivity index (χ3n) is 2.92. The summed E-state index contributed by atoms with van der Waals surface area (Å²) in [5.74, 6) is 0.138. The van der Waals surface area contributed by atoms with Crippen molar-refractivity contribution in [3.05, 3.63) is 48.2 Å². The van der Waals surface area contributed by atoms with E-state index in [9.17, 15) is 9.90 Å². The average Bonchev–Trinajstić information content (AvgIpc) is 2.97. The Balaban J connectivity index is 2.03. The van der Waals surface area contributed by atoms with Gasteiger partial charge in [0.15, 0.2) is 0 Å². The summed E-state index contributed by atoms with van der Waals surface area (Å²) >= 11 is 0. The van der Waals surface area contributed by atoms with Crippen LogP contribution < -0.4 is 0 Å². The van der Waals surface area contributed by atoms with Crippen LogP contribution in [-0.2, 0) is 9.53 Å². The van der Waals surface area contributed by atoms with Crippen molar-refractivity contribution in [2.24, 2.45) is 0 Å². The highest BCUT2D eigenvalue weighted by atomic mass is 16.5. The van der Waals surface area contributed by atoms with Gasteiger partial charge in [-0.3, -0.25) is 0 Å². The smallest absolute Gasteiger partial charge is 0.342 e. The highest BCUT2D eigenvalue weighted by Crippen LogP contribution is 2.25. The Hall–Kier alpha value is -2.07. The molecule has 1 aromatic carbocycles. The maximum Gasteiger partial charge on any atom is 0.342 e. The van der Waals surface area contributed by atoms with Crippen molar-refractivity contribution in [3.63, 3.8) is 0 Å². The van der Waals surface area contributed by atoms with Crippen LogP contribution in [0.5, 0.6) is 0 Å². The molecule has 1 heterocycles. The van der Waals surface area contributed by atoms with Crippen LogP contribution in [0, 0.1) is 0 Å². The first-order valence-corrected chi connectivity index (χ1v) is 6.72. The van der Waals surface area contributed by atoms with Crippen LogP contribution in [0.25, 0.3) is 11.3 Å². The average molecular weight is 274 g/mol. The van der Waals surface area contributed by atoms with Crippen molar-refractivity contribution >= 4 is 5.97 Å². The van der Waals surface area contributed by atoms with Gasteiger partial charge in [0.25, 0.3) is 0 Å². The summed E-state index contributed by atoms with van der Waals surface area (Å²) in [7, 11) is 0. The maximum absolute atomic E-state index is 11.6. The van der Waals surface area contributed by atoms with Crippen LogP contribution in [0.2, 0.25) is 0 Å². The molecule has 1 aromatic heterocycles. The van der Waals surface area contributed by atoms with E-state index in [1.807, 2.05) is 37.3 Å². The van der Waals surface area contributed by atoms with Gasteiger partial charge in [-0.2, -0.15) is 0 Å². The zero-order valence-electron chi connectivity index (χ0n) is 11.4. The SMILES string of the molecule is CCCCOC(=O)[C@H](O)c1ccc(-c2ccccc2)o1. The molecule has 2 rings (SSSR count). The topological polar surface area (TPSA) is 59.7 Å². The molecule has 4 nitrogen and oxygen atoms in total. The van der Waals surface area contributed by atoms with Gasteiger partial charge in [-0.05, 0) is 18.6 Å². The standard InChI is InChI=1S/C16H18O4/c1-2-3-11-19-16(18)15(17)14-10-9-13(20-14)12-7-5-4-6-8-12/h4-10,15,17H,2-3,11H2,1H3/t15-/m1/s1. The minimum Gasteiger partial charge on any atom is -0.463 e. The summed E-state index contributed by atoms with van der Waals surface area (Å²) in [6.07, 6.45) is 0.345. The Morgan fingerprint density at radius 3 is 2.70 bits per heavy atom. The molecule has 0 spiro atoms. The van der Waals surface area contributed by atoms with Gasteiger partial charge in [0.2, 0.25) is 6.10 Å². The summed E-state index contributed by atoms with van der Waals surface area (Å²) in [4.78, 5) is 11.6. The van der Waals surface area contributed by atoms with Crippen LogP contribution in [0.1, 0.15) is 31.6 Å². The Bertz CT molecular complexity index is 545. The number of hydrogen-bond donors (Lipinski definition) is 1. The summed E-state index contributed by atoms with van der Waals surface area (Å²) in [6.45, 7) is 2.32. The molecular weight excluding hydrogens is 256 g/mol. The first kappa shape index (κ1) is 14.3. The number of unbranched alkanes of at least 4 members (excludes halogenated alkanes) is 1. The van der Waals surface area contributed by atoms with Gasteiger partial charge in [-0.1, -0.05) is 43.7 Å². The first-order valence-electron chi connectivity index (χ1n) is 6.72. The molecule has 0 unspecified atom stereocenters. The molecule has 4 heteroatoms. The number of esters is 1. The maximum atomic E-state index is 11.6. The predicted octanol–water partition coefficient (Wildman–Crippen LogP) is 3.32. The van der Waals surface area contributed by atoms with E-state index in [1.165, 1.54) is 0 Å². The molecule has 2 aromatic rings. The lowest BCUT2D eigenvalue weighted by atomic mass is 10.2. The van der Waals surface area contributed by atoms with E-state index in [-0.39, 0.29) is 5.76 Å². The largest absolute Gasteiger partial charge is 0.463 e. The molecular formula is C16H18O4. The number of carbonyl (C=O) groups excluding carboxylic acids is 1. The molecule has 0 radical (unpaired) electrons. The predicted molar refractivity (Wildman–Crippen MR) is 75.0 cm³/mol. The molecule has 20 heavy (non-hydrogen) atoms. The quantitative estimate of drug-likeness (QED) is 0.648.